The number of rotatable bonds is 1. The van der Waals surface area contributed by atoms with Gasteiger partial charge in [-0.2, -0.15) is 5.26 Å². The van der Waals surface area contributed by atoms with Crippen molar-refractivity contribution in [2.75, 3.05) is 0 Å². The fourth-order valence-electron chi connectivity index (χ4n) is 2.95. The van der Waals surface area contributed by atoms with Crippen LogP contribution in [0.3, 0.4) is 0 Å². The highest BCUT2D eigenvalue weighted by Crippen LogP contribution is 2.29. The summed E-state index contributed by atoms with van der Waals surface area (Å²) in [5, 5.41) is 11.0. The van der Waals surface area contributed by atoms with Gasteiger partial charge in [-0.05, 0) is 42.3 Å². The molecule has 5 heteroatoms. The van der Waals surface area contributed by atoms with Crippen LogP contribution in [0.5, 0.6) is 5.75 Å². The standard InChI is InChI=1S/C18H11N3O2/c1-10-6-11(9-20-8-10)16-13-2-3-15-12(4-5-21-15)17(13)23-18(22)14(16)7-19/h2-6,8-9,14H,1H3. The van der Waals surface area contributed by atoms with Gasteiger partial charge in [0.2, 0.25) is 0 Å². The van der Waals surface area contributed by atoms with Gasteiger partial charge in [0.15, 0.2) is 5.92 Å². The molecule has 1 unspecified atom stereocenters. The van der Waals surface area contributed by atoms with Crippen molar-refractivity contribution in [3.8, 4) is 11.8 Å². The SMILES string of the molecule is Cc1cncc(C2=c3ccc4c(c3OC(=O)C2C#N)C=CN=4)c1. The van der Waals surface area contributed by atoms with Gasteiger partial charge in [-0.25, -0.2) is 4.79 Å². The first-order valence-corrected chi connectivity index (χ1v) is 7.14. The van der Waals surface area contributed by atoms with E-state index in [0.29, 0.717) is 11.3 Å². The van der Waals surface area contributed by atoms with Crippen LogP contribution in [0.1, 0.15) is 16.7 Å². The lowest BCUT2D eigenvalue weighted by Crippen LogP contribution is -2.34. The molecule has 0 saturated carbocycles. The van der Waals surface area contributed by atoms with E-state index >= 15 is 0 Å². The lowest BCUT2D eigenvalue weighted by atomic mass is 9.89. The predicted molar refractivity (Wildman–Crippen MR) is 82.5 cm³/mol. The molecule has 1 aromatic heterocycles. The summed E-state index contributed by atoms with van der Waals surface area (Å²) >= 11 is 0. The molecule has 0 saturated heterocycles. The minimum absolute atomic E-state index is 0.466. The van der Waals surface area contributed by atoms with E-state index in [1.165, 1.54) is 0 Å². The van der Waals surface area contributed by atoms with Crippen molar-refractivity contribution in [1.82, 2.24) is 4.98 Å². The third kappa shape index (κ3) is 1.96. The molecule has 1 aromatic carbocycles. The number of benzene rings is 1. The molecule has 2 aromatic rings. The fraction of sp³-hybridized carbons (Fsp3) is 0.111. The van der Waals surface area contributed by atoms with Crippen LogP contribution < -0.4 is 15.3 Å². The number of esters is 1. The zero-order chi connectivity index (χ0) is 16.0. The Bertz CT molecular complexity index is 1040. The van der Waals surface area contributed by atoms with Crippen LogP contribution in [-0.4, -0.2) is 11.0 Å². The quantitative estimate of drug-likeness (QED) is 0.587. The first kappa shape index (κ1) is 13.4. The molecule has 2 aliphatic rings. The van der Waals surface area contributed by atoms with E-state index in [1.807, 2.05) is 31.2 Å². The van der Waals surface area contributed by atoms with Gasteiger partial charge >= 0.3 is 5.97 Å². The number of carbonyl (C=O) groups is 1. The molecule has 0 bridgehead atoms. The van der Waals surface area contributed by atoms with Crippen LogP contribution >= 0.6 is 0 Å². The van der Waals surface area contributed by atoms with Gasteiger partial charge in [0, 0.05) is 34.9 Å². The fourth-order valence-corrected chi connectivity index (χ4v) is 2.95. The molecule has 23 heavy (non-hydrogen) atoms. The van der Waals surface area contributed by atoms with Crippen molar-refractivity contribution in [2.45, 2.75) is 6.92 Å². The van der Waals surface area contributed by atoms with Gasteiger partial charge in [0.25, 0.3) is 0 Å². The zero-order valence-electron chi connectivity index (χ0n) is 12.3. The van der Waals surface area contributed by atoms with Gasteiger partial charge in [0.05, 0.1) is 11.4 Å². The Morgan fingerprint density at radius 3 is 2.96 bits per heavy atom. The highest BCUT2D eigenvalue weighted by Gasteiger charge is 2.33. The minimum Gasteiger partial charge on any atom is -0.424 e. The van der Waals surface area contributed by atoms with Crippen LogP contribution in [0.15, 0.2) is 41.8 Å². The monoisotopic (exact) mass is 301 g/mol. The molecular formula is C18H11N3O2. The average molecular weight is 301 g/mol. The van der Waals surface area contributed by atoms with E-state index < -0.39 is 11.9 Å². The highest BCUT2D eigenvalue weighted by molar-refractivity contribution is 5.95. The first-order chi connectivity index (χ1) is 11.2. The van der Waals surface area contributed by atoms with Crippen LogP contribution in [-0.2, 0) is 4.79 Å². The molecular weight excluding hydrogens is 290 g/mol. The molecule has 110 valence electrons. The van der Waals surface area contributed by atoms with E-state index in [2.05, 4.69) is 9.98 Å². The zero-order valence-corrected chi connectivity index (χ0v) is 12.3. The number of aromatic nitrogens is 1. The summed E-state index contributed by atoms with van der Waals surface area (Å²) in [6, 6.07) is 7.68. The Morgan fingerprint density at radius 2 is 2.17 bits per heavy atom. The van der Waals surface area contributed by atoms with E-state index in [-0.39, 0.29) is 0 Å². The lowest BCUT2D eigenvalue weighted by molar-refractivity contribution is -0.135. The van der Waals surface area contributed by atoms with E-state index in [1.54, 1.807) is 24.7 Å². The second-order valence-electron chi connectivity index (χ2n) is 5.47. The summed E-state index contributed by atoms with van der Waals surface area (Å²) in [6.07, 6.45) is 6.88. The summed E-state index contributed by atoms with van der Waals surface area (Å²) in [6.45, 7) is 1.92. The van der Waals surface area contributed by atoms with Gasteiger partial charge in [-0.15, -0.1) is 0 Å². The smallest absolute Gasteiger partial charge is 0.333 e. The lowest BCUT2D eigenvalue weighted by Gasteiger charge is -2.21. The Kier molecular flexibility index (Phi) is 2.85. The number of hydrogen-bond acceptors (Lipinski definition) is 5. The molecule has 5 nitrogen and oxygen atoms in total. The molecule has 1 atom stereocenters. The van der Waals surface area contributed by atoms with Crippen LogP contribution in [0.25, 0.3) is 11.6 Å². The molecule has 4 rings (SSSR count). The maximum atomic E-state index is 12.3. The second kappa shape index (κ2) is 4.89. The summed E-state index contributed by atoms with van der Waals surface area (Å²) in [5.74, 6) is -1.07. The van der Waals surface area contributed by atoms with Gasteiger partial charge in [-0.1, -0.05) is 0 Å². The van der Waals surface area contributed by atoms with Crippen molar-refractivity contribution in [2.24, 2.45) is 10.9 Å². The normalized spacial score (nSPS) is 17.8. The second-order valence-corrected chi connectivity index (χ2v) is 5.47. The van der Waals surface area contributed by atoms with E-state index in [0.717, 1.165) is 27.3 Å². The van der Waals surface area contributed by atoms with Crippen molar-refractivity contribution < 1.29 is 9.53 Å². The average Bonchev–Trinajstić information content (AvgIpc) is 3.02. The van der Waals surface area contributed by atoms with Crippen molar-refractivity contribution in [1.29, 1.82) is 5.26 Å². The molecule has 0 fully saturated rings. The summed E-state index contributed by atoms with van der Waals surface area (Å²) in [4.78, 5) is 20.7. The number of carbonyl (C=O) groups excluding carboxylic acids is 1. The first-order valence-electron chi connectivity index (χ1n) is 7.14. The Labute approximate surface area is 131 Å². The minimum atomic E-state index is -0.966. The maximum absolute atomic E-state index is 12.3. The van der Waals surface area contributed by atoms with Gasteiger partial charge in [-0.3, -0.25) is 9.98 Å². The molecule has 0 amide bonds. The molecule has 0 aliphatic carbocycles. The molecule has 2 aliphatic heterocycles. The molecule has 3 heterocycles. The molecule has 0 spiro atoms. The number of nitrogens with zero attached hydrogens (tertiary/aromatic N) is 3. The number of ether oxygens (including phenoxy) is 1. The summed E-state index contributed by atoms with van der Waals surface area (Å²) in [7, 11) is 0. The third-order valence-corrected chi connectivity index (χ3v) is 3.96. The highest BCUT2D eigenvalue weighted by atomic mass is 16.5. The topological polar surface area (TPSA) is 75.3 Å². The Balaban J connectivity index is 2.14. The van der Waals surface area contributed by atoms with Crippen molar-refractivity contribution in [3.63, 3.8) is 0 Å². The summed E-state index contributed by atoms with van der Waals surface area (Å²) < 4.78 is 5.45. The summed E-state index contributed by atoms with van der Waals surface area (Å²) in [5.41, 5.74) is 3.12. The van der Waals surface area contributed by atoms with Crippen molar-refractivity contribution in [3.05, 3.63) is 64.1 Å². The number of nitriles is 1. The number of hydrogen-bond donors (Lipinski definition) is 0. The van der Waals surface area contributed by atoms with E-state index in [9.17, 15) is 10.1 Å². The Hall–Kier alpha value is -3.26. The van der Waals surface area contributed by atoms with Crippen LogP contribution in [0.2, 0.25) is 0 Å². The van der Waals surface area contributed by atoms with E-state index in [4.69, 9.17) is 4.74 Å². The Morgan fingerprint density at radius 1 is 1.30 bits per heavy atom. The number of pyridine rings is 1. The van der Waals surface area contributed by atoms with Gasteiger partial charge < -0.3 is 4.74 Å². The molecule has 0 radical (unpaired) electrons. The number of aryl methyl sites for hydroxylation is 1. The third-order valence-electron chi connectivity index (χ3n) is 3.96. The van der Waals surface area contributed by atoms with Gasteiger partial charge in [0.1, 0.15) is 5.75 Å². The maximum Gasteiger partial charge on any atom is 0.333 e. The van der Waals surface area contributed by atoms with Crippen LogP contribution in [0, 0.1) is 24.2 Å². The van der Waals surface area contributed by atoms with Crippen molar-refractivity contribution >= 4 is 17.6 Å². The largest absolute Gasteiger partial charge is 0.424 e. The predicted octanol–water partition coefficient (Wildman–Crippen LogP) is 1.25. The van der Waals surface area contributed by atoms with Crippen LogP contribution in [0.4, 0.5) is 0 Å². The molecule has 0 N–H and O–H groups in total. The number of fused-ring (bicyclic) bond motifs is 3.